The zero-order chi connectivity index (χ0) is 14.9. The lowest BCUT2D eigenvalue weighted by Gasteiger charge is -2.16. The van der Waals surface area contributed by atoms with Gasteiger partial charge in [0.25, 0.3) is 0 Å². The first kappa shape index (κ1) is 15.9. The Morgan fingerprint density at radius 1 is 1.45 bits per heavy atom. The molecule has 1 heterocycles. The van der Waals surface area contributed by atoms with Crippen LogP contribution in [-0.2, 0) is 16.6 Å². The Hall–Kier alpha value is -0.430. The second-order valence-corrected chi connectivity index (χ2v) is 9.25. The van der Waals surface area contributed by atoms with Crippen LogP contribution in [0.15, 0.2) is 11.0 Å². The lowest BCUT2D eigenvalue weighted by atomic mass is 10.3. The molecule has 0 bridgehead atoms. The van der Waals surface area contributed by atoms with Gasteiger partial charge < -0.3 is 5.32 Å². The SMILES string of the molecule is Cc1sc(CNC(C)C)cc1S(=O)(=O)N(C)CC1CC1. The van der Waals surface area contributed by atoms with Gasteiger partial charge in [0.15, 0.2) is 0 Å². The minimum atomic E-state index is -3.33. The smallest absolute Gasteiger partial charge is 0.243 e. The van der Waals surface area contributed by atoms with Crippen molar-refractivity contribution in [2.45, 2.75) is 51.1 Å². The monoisotopic (exact) mass is 316 g/mol. The van der Waals surface area contributed by atoms with Gasteiger partial charge in [0.05, 0.1) is 4.90 Å². The molecule has 0 spiro atoms. The van der Waals surface area contributed by atoms with Crippen molar-refractivity contribution in [2.24, 2.45) is 5.92 Å². The highest BCUT2D eigenvalue weighted by Crippen LogP contribution is 2.33. The summed E-state index contributed by atoms with van der Waals surface area (Å²) in [6, 6.07) is 2.23. The number of hydrogen-bond acceptors (Lipinski definition) is 4. The van der Waals surface area contributed by atoms with Crippen molar-refractivity contribution in [2.75, 3.05) is 13.6 Å². The Morgan fingerprint density at radius 3 is 2.65 bits per heavy atom. The Morgan fingerprint density at radius 2 is 2.10 bits per heavy atom. The van der Waals surface area contributed by atoms with E-state index in [-0.39, 0.29) is 0 Å². The van der Waals surface area contributed by atoms with Gasteiger partial charge in [0.1, 0.15) is 0 Å². The lowest BCUT2D eigenvalue weighted by molar-refractivity contribution is 0.452. The zero-order valence-electron chi connectivity index (χ0n) is 12.6. The van der Waals surface area contributed by atoms with E-state index < -0.39 is 10.0 Å². The average Bonchev–Trinajstić information content (AvgIpc) is 3.07. The van der Waals surface area contributed by atoms with Gasteiger partial charge in [-0.1, -0.05) is 13.8 Å². The van der Waals surface area contributed by atoms with Crippen LogP contribution in [0.4, 0.5) is 0 Å². The van der Waals surface area contributed by atoms with E-state index in [1.165, 1.54) is 4.31 Å². The molecule has 0 saturated heterocycles. The van der Waals surface area contributed by atoms with Crippen molar-refractivity contribution < 1.29 is 8.42 Å². The fourth-order valence-electron chi connectivity index (χ4n) is 2.10. The summed E-state index contributed by atoms with van der Waals surface area (Å²) in [5.41, 5.74) is 0. The van der Waals surface area contributed by atoms with Crippen LogP contribution in [0.25, 0.3) is 0 Å². The molecule has 0 amide bonds. The Bertz CT molecular complexity index is 560. The predicted octanol–water partition coefficient (Wildman–Crippen LogP) is 2.59. The van der Waals surface area contributed by atoms with E-state index in [2.05, 4.69) is 19.2 Å². The van der Waals surface area contributed by atoms with Crippen molar-refractivity contribution in [3.63, 3.8) is 0 Å². The molecule has 1 aromatic heterocycles. The van der Waals surface area contributed by atoms with Gasteiger partial charge in [-0.2, -0.15) is 0 Å². The summed E-state index contributed by atoms with van der Waals surface area (Å²) in [4.78, 5) is 2.44. The molecular formula is C14H24N2O2S2. The van der Waals surface area contributed by atoms with Crippen LogP contribution in [0.5, 0.6) is 0 Å². The van der Waals surface area contributed by atoms with Crippen molar-refractivity contribution in [1.29, 1.82) is 0 Å². The number of thiophene rings is 1. The molecule has 1 aliphatic carbocycles. The zero-order valence-corrected chi connectivity index (χ0v) is 14.3. The Labute approximate surface area is 126 Å². The van der Waals surface area contributed by atoms with Crippen LogP contribution in [0.3, 0.4) is 0 Å². The lowest BCUT2D eigenvalue weighted by Crippen LogP contribution is -2.29. The fraction of sp³-hybridized carbons (Fsp3) is 0.714. The molecule has 0 aromatic carbocycles. The Kier molecular flexibility index (Phi) is 4.89. The summed E-state index contributed by atoms with van der Waals surface area (Å²) < 4.78 is 26.7. The second kappa shape index (κ2) is 6.13. The Balaban J connectivity index is 2.13. The maximum atomic E-state index is 12.6. The maximum absolute atomic E-state index is 12.6. The summed E-state index contributed by atoms with van der Waals surface area (Å²) in [5.74, 6) is 0.566. The van der Waals surface area contributed by atoms with Crippen LogP contribution in [0.2, 0.25) is 0 Å². The summed E-state index contributed by atoms with van der Waals surface area (Å²) in [6.07, 6.45) is 2.32. The molecule has 1 N–H and O–H groups in total. The van der Waals surface area contributed by atoms with E-state index in [1.54, 1.807) is 18.4 Å². The maximum Gasteiger partial charge on any atom is 0.243 e. The third-order valence-corrected chi connectivity index (χ3v) is 6.64. The topological polar surface area (TPSA) is 49.4 Å². The first-order valence-corrected chi connectivity index (χ1v) is 9.35. The largest absolute Gasteiger partial charge is 0.310 e. The van der Waals surface area contributed by atoms with Gasteiger partial charge in [-0.25, -0.2) is 12.7 Å². The number of nitrogens with one attached hydrogen (secondary N) is 1. The molecule has 4 nitrogen and oxygen atoms in total. The number of rotatable bonds is 7. The summed E-state index contributed by atoms with van der Waals surface area (Å²) in [5, 5.41) is 3.33. The predicted molar refractivity (Wildman–Crippen MR) is 83.6 cm³/mol. The molecule has 0 atom stereocenters. The molecule has 2 rings (SSSR count). The molecular weight excluding hydrogens is 292 g/mol. The van der Waals surface area contributed by atoms with Gasteiger partial charge in [-0.3, -0.25) is 0 Å². The minimum Gasteiger partial charge on any atom is -0.310 e. The van der Waals surface area contributed by atoms with E-state index in [0.29, 0.717) is 23.4 Å². The van der Waals surface area contributed by atoms with Gasteiger partial charge in [0.2, 0.25) is 10.0 Å². The number of aryl methyl sites for hydroxylation is 1. The van der Waals surface area contributed by atoms with Crippen molar-refractivity contribution >= 4 is 21.4 Å². The molecule has 1 aliphatic rings. The van der Waals surface area contributed by atoms with Gasteiger partial charge >= 0.3 is 0 Å². The van der Waals surface area contributed by atoms with Gasteiger partial charge in [-0.05, 0) is 31.7 Å². The molecule has 0 aliphatic heterocycles. The first-order valence-electron chi connectivity index (χ1n) is 7.09. The number of nitrogens with zero attached hydrogens (tertiary/aromatic N) is 1. The summed E-state index contributed by atoms with van der Waals surface area (Å²) >= 11 is 1.57. The van der Waals surface area contributed by atoms with Crippen molar-refractivity contribution in [3.8, 4) is 0 Å². The van der Waals surface area contributed by atoms with E-state index in [1.807, 2.05) is 13.0 Å². The highest BCUT2D eigenvalue weighted by molar-refractivity contribution is 7.89. The molecule has 1 saturated carbocycles. The molecule has 0 unspecified atom stereocenters. The van der Waals surface area contributed by atoms with Crippen LogP contribution >= 0.6 is 11.3 Å². The van der Waals surface area contributed by atoms with Crippen LogP contribution < -0.4 is 5.32 Å². The molecule has 114 valence electrons. The highest BCUT2D eigenvalue weighted by atomic mass is 32.2. The molecule has 6 heteroatoms. The quantitative estimate of drug-likeness (QED) is 0.841. The van der Waals surface area contributed by atoms with Crippen LogP contribution in [-0.4, -0.2) is 32.4 Å². The van der Waals surface area contributed by atoms with E-state index in [4.69, 9.17) is 0 Å². The summed E-state index contributed by atoms with van der Waals surface area (Å²) in [7, 11) is -1.64. The average molecular weight is 316 g/mol. The molecule has 1 fully saturated rings. The fourth-order valence-corrected chi connectivity index (χ4v) is 4.90. The molecule has 0 radical (unpaired) electrons. The second-order valence-electron chi connectivity index (χ2n) is 5.90. The first-order chi connectivity index (χ1) is 9.30. The highest BCUT2D eigenvalue weighted by Gasteiger charge is 2.30. The molecule has 20 heavy (non-hydrogen) atoms. The number of hydrogen-bond donors (Lipinski definition) is 1. The van der Waals surface area contributed by atoms with Gasteiger partial charge in [-0.15, -0.1) is 11.3 Å². The van der Waals surface area contributed by atoms with E-state index in [9.17, 15) is 8.42 Å². The molecule has 1 aromatic rings. The summed E-state index contributed by atoms with van der Waals surface area (Å²) in [6.45, 7) is 7.44. The normalized spacial score (nSPS) is 16.3. The van der Waals surface area contributed by atoms with Crippen molar-refractivity contribution in [3.05, 3.63) is 15.8 Å². The standard InChI is InChI=1S/C14H24N2O2S2/c1-10(2)15-8-13-7-14(11(3)19-13)20(17,18)16(4)9-12-5-6-12/h7,10,12,15H,5-6,8-9H2,1-4H3. The third-order valence-electron chi connectivity index (χ3n) is 3.51. The van der Waals surface area contributed by atoms with Crippen molar-refractivity contribution in [1.82, 2.24) is 9.62 Å². The van der Waals surface area contributed by atoms with Gasteiger partial charge in [0, 0.05) is 35.9 Å². The third kappa shape index (κ3) is 3.81. The van der Waals surface area contributed by atoms with E-state index >= 15 is 0 Å². The minimum absolute atomic E-state index is 0.398. The number of sulfonamides is 1. The van der Waals surface area contributed by atoms with E-state index in [0.717, 1.165) is 29.1 Å². The van der Waals surface area contributed by atoms with Crippen LogP contribution in [0, 0.1) is 12.8 Å². The van der Waals surface area contributed by atoms with Crippen LogP contribution in [0.1, 0.15) is 36.4 Å².